The lowest BCUT2D eigenvalue weighted by molar-refractivity contribution is -0.105. The Hall–Kier alpha value is -2.78. The largest absolute Gasteiger partial charge is 0.472 e. The predicted octanol–water partition coefficient (Wildman–Crippen LogP) is 6.55. The maximum atomic E-state index is 13.2. The van der Waals surface area contributed by atoms with Gasteiger partial charge in [-0.15, -0.1) is 0 Å². The van der Waals surface area contributed by atoms with E-state index in [4.69, 9.17) is 29.0 Å². The van der Waals surface area contributed by atoms with Gasteiger partial charge in [-0.3, -0.25) is 14.0 Å². The van der Waals surface area contributed by atoms with Crippen LogP contribution in [-0.2, 0) is 40.0 Å². The number of phosphoric ester groups is 1. The molecule has 5 atom stereocenters. The number of hydrogen-bond acceptors (Lipinski definition) is 12. The summed E-state index contributed by atoms with van der Waals surface area (Å²) >= 11 is 0. The molecule has 0 saturated carbocycles. The molecule has 0 amide bonds. The average Bonchev–Trinajstić information content (AvgIpc) is 3.72. The number of ether oxygens (including phenoxy) is 3. The molecular weight excluding hydrogens is 713 g/mol. The van der Waals surface area contributed by atoms with Crippen LogP contribution >= 0.6 is 7.82 Å². The molecule has 3 heterocycles. The highest BCUT2D eigenvalue weighted by atomic mass is 31.2. The number of phosphoric acid groups is 1. The standard InChI is InChI=1S/C39H62N5O9P/c1-3-4-5-6-7-8-9-10-11-12-13-14-15-19-24-49-26-33(50-25-32-20-17-16-18-21-32)27-52-54(47,48)53-29-38(28-41-2)37(45)39(46,30-51-38)35-23-22-34-36(40)42-31-43-44(34)35/h16-18,20-23,31,33,37,45-46H,2-15,19,24-30H2,1H3,(H,47,48)(H2,40,42,43)/t33-,37+,38+,39+/m0/s1. The first-order valence-corrected chi connectivity index (χ1v) is 21.0. The van der Waals surface area contributed by atoms with E-state index in [9.17, 15) is 19.7 Å². The number of fused-ring (bicyclic) bond motifs is 1. The van der Waals surface area contributed by atoms with Gasteiger partial charge in [-0.05, 0) is 30.8 Å². The zero-order valence-corrected chi connectivity index (χ0v) is 32.8. The Labute approximate surface area is 320 Å². The van der Waals surface area contributed by atoms with Crippen molar-refractivity contribution in [3.8, 4) is 0 Å². The summed E-state index contributed by atoms with van der Waals surface area (Å²) in [5.41, 5.74) is 3.75. The lowest BCUT2D eigenvalue weighted by Gasteiger charge is -2.33. The van der Waals surface area contributed by atoms with Crippen LogP contribution in [0.1, 0.15) is 108 Å². The highest BCUT2D eigenvalue weighted by molar-refractivity contribution is 7.47. The molecule has 1 aliphatic rings. The van der Waals surface area contributed by atoms with Gasteiger partial charge in [0, 0.05) is 6.61 Å². The van der Waals surface area contributed by atoms with E-state index in [1.807, 2.05) is 30.3 Å². The second kappa shape index (κ2) is 22.7. The Morgan fingerprint density at radius 3 is 2.28 bits per heavy atom. The van der Waals surface area contributed by atoms with Crippen LogP contribution in [0.25, 0.3) is 5.52 Å². The van der Waals surface area contributed by atoms with Crippen molar-refractivity contribution >= 4 is 25.9 Å². The zero-order chi connectivity index (χ0) is 38.7. The van der Waals surface area contributed by atoms with Gasteiger partial charge in [0.1, 0.15) is 29.7 Å². The van der Waals surface area contributed by atoms with Crippen LogP contribution in [0.15, 0.2) is 53.8 Å². The number of anilines is 1. The molecule has 1 aromatic carbocycles. The van der Waals surface area contributed by atoms with Crippen molar-refractivity contribution in [3.63, 3.8) is 0 Å². The van der Waals surface area contributed by atoms with Crippen molar-refractivity contribution in [2.24, 2.45) is 4.99 Å². The van der Waals surface area contributed by atoms with Gasteiger partial charge in [0.2, 0.25) is 0 Å². The number of nitrogens with two attached hydrogens (primary N) is 1. The number of benzene rings is 1. The summed E-state index contributed by atoms with van der Waals surface area (Å²) in [7, 11) is -4.72. The molecule has 302 valence electrons. The summed E-state index contributed by atoms with van der Waals surface area (Å²) in [6, 6.07) is 12.7. The molecule has 5 N–H and O–H groups in total. The number of aliphatic imine (C=N–C) groups is 1. The van der Waals surface area contributed by atoms with Crippen LogP contribution in [0.5, 0.6) is 0 Å². The molecule has 1 unspecified atom stereocenters. The van der Waals surface area contributed by atoms with Gasteiger partial charge >= 0.3 is 7.82 Å². The lowest BCUT2D eigenvalue weighted by atomic mass is 9.85. The van der Waals surface area contributed by atoms with Crippen LogP contribution in [-0.4, -0.2) is 93.8 Å². The van der Waals surface area contributed by atoms with Gasteiger partial charge in [0.15, 0.2) is 11.4 Å². The number of hydrogen-bond donors (Lipinski definition) is 4. The number of nitrogen functional groups attached to an aromatic ring is 1. The van der Waals surface area contributed by atoms with E-state index >= 15 is 0 Å². The third-order valence-electron chi connectivity index (χ3n) is 10.0. The molecule has 4 rings (SSSR count). The smallest absolute Gasteiger partial charge is 0.386 e. The van der Waals surface area contributed by atoms with Crippen molar-refractivity contribution < 1.29 is 42.9 Å². The minimum Gasteiger partial charge on any atom is -0.386 e. The second-order valence-corrected chi connectivity index (χ2v) is 15.8. The van der Waals surface area contributed by atoms with E-state index in [0.717, 1.165) is 18.4 Å². The summed E-state index contributed by atoms with van der Waals surface area (Å²) in [6.07, 6.45) is 16.7. The number of aromatic nitrogens is 3. The van der Waals surface area contributed by atoms with Crippen molar-refractivity contribution in [2.45, 2.75) is 127 Å². The van der Waals surface area contributed by atoms with Gasteiger partial charge in [0.25, 0.3) is 0 Å². The fourth-order valence-corrected chi connectivity index (χ4v) is 7.59. The van der Waals surface area contributed by atoms with E-state index in [1.165, 1.54) is 87.9 Å². The van der Waals surface area contributed by atoms with Crippen LogP contribution in [0, 0.1) is 0 Å². The third-order valence-corrected chi connectivity index (χ3v) is 10.9. The normalized spacial score (nSPS) is 21.7. The molecule has 15 heteroatoms. The average molecular weight is 776 g/mol. The molecule has 1 saturated heterocycles. The minimum atomic E-state index is -4.72. The highest BCUT2D eigenvalue weighted by Gasteiger charge is 2.60. The van der Waals surface area contributed by atoms with Gasteiger partial charge < -0.3 is 35.1 Å². The van der Waals surface area contributed by atoms with Gasteiger partial charge in [-0.1, -0.05) is 121 Å². The van der Waals surface area contributed by atoms with Crippen LogP contribution in [0.4, 0.5) is 5.82 Å². The first-order chi connectivity index (χ1) is 26.1. The number of nitrogens with zero attached hydrogens (tertiary/aromatic N) is 4. The van der Waals surface area contributed by atoms with Crippen LogP contribution in [0.3, 0.4) is 0 Å². The van der Waals surface area contributed by atoms with Crippen molar-refractivity contribution in [2.75, 3.05) is 45.3 Å². The van der Waals surface area contributed by atoms with Crippen LogP contribution in [0.2, 0.25) is 0 Å². The maximum Gasteiger partial charge on any atom is 0.472 e. The Balaban J connectivity index is 1.21. The Morgan fingerprint density at radius 1 is 0.981 bits per heavy atom. The van der Waals surface area contributed by atoms with E-state index in [0.29, 0.717) is 12.1 Å². The van der Waals surface area contributed by atoms with E-state index in [2.05, 4.69) is 28.7 Å². The first-order valence-electron chi connectivity index (χ1n) is 19.5. The third kappa shape index (κ3) is 13.2. The number of rotatable bonds is 29. The molecule has 0 bridgehead atoms. The Kier molecular flexibility index (Phi) is 18.5. The molecule has 0 spiro atoms. The molecule has 0 radical (unpaired) electrons. The van der Waals surface area contributed by atoms with Gasteiger partial charge in [-0.2, -0.15) is 5.10 Å². The molecular formula is C39H62N5O9P. The molecule has 1 aliphatic heterocycles. The second-order valence-electron chi connectivity index (χ2n) is 14.4. The molecule has 0 aliphatic carbocycles. The first kappa shape index (κ1) is 43.9. The number of aliphatic hydroxyl groups is 2. The SMILES string of the molecule is C=NC[C@]1(COP(=O)(O)OC[C@H](COCCCCCCCCCCCCCCCC)OCc2ccccc2)OC[C@@](O)(c2ccc3c(N)ncnn23)[C@@H]1O. The van der Waals surface area contributed by atoms with E-state index < -0.39 is 44.4 Å². The van der Waals surface area contributed by atoms with Crippen molar-refractivity contribution in [1.29, 1.82) is 0 Å². The molecule has 54 heavy (non-hydrogen) atoms. The summed E-state index contributed by atoms with van der Waals surface area (Å²) in [4.78, 5) is 18.5. The number of aliphatic hydroxyl groups excluding tert-OH is 1. The zero-order valence-electron chi connectivity index (χ0n) is 31.9. The fraction of sp³-hybridized carbons (Fsp3) is 0.667. The predicted molar refractivity (Wildman–Crippen MR) is 208 cm³/mol. The quantitative estimate of drug-likeness (QED) is 0.0338. The molecule has 14 nitrogen and oxygen atoms in total. The highest BCUT2D eigenvalue weighted by Crippen LogP contribution is 2.48. The Bertz CT molecular complexity index is 1570. The van der Waals surface area contributed by atoms with Crippen LogP contribution < -0.4 is 5.73 Å². The van der Waals surface area contributed by atoms with Gasteiger partial charge in [0.05, 0.1) is 45.3 Å². The lowest BCUT2D eigenvalue weighted by Crippen LogP contribution is -2.53. The minimum absolute atomic E-state index is 0.157. The summed E-state index contributed by atoms with van der Waals surface area (Å²) < 4.78 is 43.1. The fourth-order valence-electron chi connectivity index (χ4n) is 6.78. The monoisotopic (exact) mass is 775 g/mol. The summed E-state index contributed by atoms with van der Waals surface area (Å²) in [5.74, 6) is 0.181. The number of unbranched alkanes of at least 4 members (excludes halogenated alkanes) is 13. The van der Waals surface area contributed by atoms with E-state index in [1.54, 1.807) is 12.1 Å². The van der Waals surface area contributed by atoms with Gasteiger partial charge in [-0.25, -0.2) is 14.1 Å². The topological polar surface area (TPSA) is 192 Å². The van der Waals surface area contributed by atoms with E-state index in [-0.39, 0.29) is 37.9 Å². The maximum absolute atomic E-state index is 13.2. The summed E-state index contributed by atoms with van der Waals surface area (Å²) in [5, 5.41) is 27.3. The summed E-state index contributed by atoms with van der Waals surface area (Å²) in [6.45, 7) is 5.11. The molecule has 1 fully saturated rings. The van der Waals surface area contributed by atoms with Crippen molar-refractivity contribution in [1.82, 2.24) is 14.6 Å². The Morgan fingerprint density at radius 2 is 1.63 bits per heavy atom. The molecule has 3 aromatic rings. The van der Waals surface area contributed by atoms with Crippen molar-refractivity contribution in [3.05, 3.63) is 60.0 Å². The molecule has 2 aromatic heterocycles.